The van der Waals surface area contributed by atoms with Crippen LogP contribution in [0.25, 0.3) is 0 Å². The van der Waals surface area contributed by atoms with Gasteiger partial charge >= 0.3 is 5.97 Å². The number of anilines is 2. The molecule has 2 fully saturated rings. The van der Waals surface area contributed by atoms with Crippen molar-refractivity contribution in [3.63, 3.8) is 0 Å². The van der Waals surface area contributed by atoms with E-state index in [2.05, 4.69) is 0 Å². The molecule has 3 atom stereocenters. The van der Waals surface area contributed by atoms with Crippen LogP contribution >= 0.6 is 0 Å². The highest BCUT2D eigenvalue weighted by atomic mass is 16.5. The van der Waals surface area contributed by atoms with Crippen molar-refractivity contribution in [2.24, 2.45) is 17.8 Å². The number of hydrogen-bond donors (Lipinski definition) is 0. The van der Waals surface area contributed by atoms with Gasteiger partial charge in [-0.1, -0.05) is 35.4 Å². The van der Waals surface area contributed by atoms with Gasteiger partial charge in [0.05, 0.1) is 23.4 Å². The van der Waals surface area contributed by atoms with Crippen molar-refractivity contribution < 1.29 is 23.9 Å². The van der Waals surface area contributed by atoms with E-state index in [1.807, 2.05) is 44.2 Å². The first-order chi connectivity index (χ1) is 16.3. The molecule has 2 saturated heterocycles. The number of carbonyl (C=O) groups is 4. The fourth-order valence-electron chi connectivity index (χ4n) is 5.02. The van der Waals surface area contributed by atoms with E-state index < -0.39 is 11.9 Å². The van der Waals surface area contributed by atoms with Crippen molar-refractivity contribution in [2.45, 2.75) is 33.1 Å². The number of benzene rings is 2. The molecule has 5 rings (SSSR count). The normalized spacial score (nSPS) is 24.4. The first-order valence-corrected chi connectivity index (χ1v) is 11.5. The van der Waals surface area contributed by atoms with E-state index in [1.54, 1.807) is 29.2 Å². The Bertz CT molecular complexity index is 1220. The summed E-state index contributed by atoms with van der Waals surface area (Å²) in [5, 5.41) is 0. The Balaban J connectivity index is 1.29. The second-order valence-electron chi connectivity index (χ2n) is 9.37. The average Bonchev–Trinajstić information content (AvgIpc) is 3.32. The fraction of sp³-hybridized carbons (Fsp3) is 0.333. The van der Waals surface area contributed by atoms with E-state index in [9.17, 15) is 19.2 Å². The van der Waals surface area contributed by atoms with Gasteiger partial charge in [0.2, 0.25) is 17.7 Å². The highest BCUT2D eigenvalue weighted by molar-refractivity contribution is 6.22. The van der Waals surface area contributed by atoms with Gasteiger partial charge < -0.3 is 9.64 Å². The van der Waals surface area contributed by atoms with E-state index in [-0.39, 0.29) is 48.3 Å². The van der Waals surface area contributed by atoms with Crippen LogP contribution in [0.2, 0.25) is 0 Å². The van der Waals surface area contributed by atoms with Crippen molar-refractivity contribution in [3.05, 3.63) is 65.7 Å². The van der Waals surface area contributed by atoms with Gasteiger partial charge in [-0.05, 0) is 51.0 Å². The third-order valence-electron chi connectivity index (χ3n) is 6.92. The van der Waals surface area contributed by atoms with Crippen molar-refractivity contribution >= 4 is 35.1 Å². The van der Waals surface area contributed by atoms with Crippen LogP contribution in [0.4, 0.5) is 11.4 Å². The van der Waals surface area contributed by atoms with E-state index in [0.29, 0.717) is 18.5 Å². The summed E-state index contributed by atoms with van der Waals surface area (Å²) in [7, 11) is 0. The number of imide groups is 1. The standard InChI is InChI=1S/C27H26N2O5/c1-16-6-9-19(10-7-16)28-15-18(13-24(28)30)27(33)34-21-5-3-4-20(14-21)29-25(31)22-11-8-17(2)12-23(22)26(29)32/h3-10,14,18,22-23H,11-13,15H2,1-2H3/t18-,22+,23+/m1/s1. The van der Waals surface area contributed by atoms with Crippen LogP contribution in [-0.4, -0.2) is 30.2 Å². The van der Waals surface area contributed by atoms with Gasteiger partial charge in [0, 0.05) is 24.7 Å². The molecule has 7 nitrogen and oxygen atoms in total. The summed E-state index contributed by atoms with van der Waals surface area (Å²) in [6.45, 7) is 4.20. The molecule has 0 saturated carbocycles. The molecule has 2 aromatic rings. The highest BCUT2D eigenvalue weighted by Gasteiger charge is 2.48. The Labute approximate surface area is 198 Å². The Hall–Kier alpha value is -3.74. The lowest BCUT2D eigenvalue weighted by atomic mass is 9.82. The van der Waals surface area contributed by atoms with Crippen molar-refractivity contribution in [2.75, 3.05) is 16.3 Å². The molecule has 0 spiro atoms. The fourth-order valence-corrected chi connectivity index (χ4v) is 5.02. The number of hydrogen-bond acceptors (Lipinski definition) is 5. The quantitative estimate of drug-likeness (QED) is 0.301. The first kappa shape index (κ1) is 22.1. The predicted molar refractivity (Wildman–Crippen MR) is 126 cm³/mol. The number of carbonyl (C=O) groups excluding carboxylic acids is 4. The summed E-state index contributed by atoms with van der Waals surface area (Å²) < 4.78 is 5.58. The van der Waals surface area contributed by atoms with Crippen molar-refractivity contribution in [1.82, 2.24) is 0 Å². The minimum atomic E-state index is -0.593. The Kier molecular flexibility index (Phi) is 5.55. The molecule has 174 valence electrons. The molecule has 0 radical (unpaired) electrons. The Morgan fingerprint density at radius 1 is 0.912 bits per heavy atom. The first-order valence-electron chi connectivity index (χ1n) is 11.5. The molecule has 0 bridgehead atoms. The van der Waals surface area contributed by atoms with Crippen LogP contribution in [0.1, 0.15) is 31.7 Å². The van der Waals surface area contributed by atoms with Crippen LogP contribution in [0.3, 0.4) is 0 Å². The van der Waals surface area contributed by atoms with E-state index in [4.69, 9.17) is 4.74 Å². The number of amides is 3. The maximum atomic E-state index is 13.0. The van der Waals surface area contributed by atoms with Gasteiger partial charge in [-0.3, -0.25) is 19.2 Å². The van der Waals surface area contributed by atoms with Gasteiger partial charge in [0.25, 0.3) is 0 Å². The van der Waals surface area contributed by atoms with Gasteiger partial charge in [-0.2, -0.15) is 0 Å². The maximum absolute atomic E-state index is 13.0. The zero-order valence-electron chi connectivity index (χ0n) is 19.2. The third kappa shape index (κ3) is 3.91. The second-order valence-corrected chi connectivity index (χ2v) is 9.37. The molecule has 2 aliphatic heterocycles. The molecule has 3 amide bonds. The summed E-state index contributed by atoms with van der Waals surface area (Å²) in [5.41, 5.74) is 3.37. The lowest BCUT2D eigenvalue weighted by molar-refractivity contribution is -0.139. The van der Waals surface area contributed by atoms with E-state index in [0.717, 1.165) is 16.8 Å². The van der Waals surface area contributed by atoms with Crippen LogP contribution in [0.15, 0.2) is 60.2 Å². The van der Waals surface area contributed by atoms with E-state index in [1.165, 1.54) is 4.90 Å². The molecule has 0 unspecified atom stereocenters. The van der Waals surface area contributed by atoms with Gasteiger partial charge in [0.1, 0.15) is 5.75 Å². The molecule has 0 N–H and O–H groups in total. The summed E-state index contributed by atoms with van der Waals surface area (Å²) in [6.07, 6.45) is 3.26. The van der Waals surface area contributed by atoms with Gasteiger partial charge in [0.15, 0.2) is 0 Å². The average molecular weight is 459 g/mol. The number of nitrogens with zero attached hydrogens (tertiary/aromatic N) is 2. The minimum absolute atomic E-state index is 0.0746. The molecule has 2 aromatic carbocycles. The van der Waals surface area contributed by atoms with Crippen molar-refractivity contribution in [1.29, 1.82) is 0 Å². The topological polar surface area (TPSA) is 84.0 Å². The molecule has 0 aromatic heterocycles. The number of rotatable bonds is 4. The number of fused-ring (bicyclic) bond motifs is 1. The van der Waals surface area contributed by atoms with E-state index >= 15 is 0 Å². The maximum Gasteiger partial charge on any atom is 0.316 e. The van der Waals surface area contributed by atoms with Crippen LogP contribution in [0, 0.1) is 24.7 Å². The Morgan fingerprint density at radius 2 is 1.65 bits per heavy atom. The molecule has 34 heavy (non-hydrogen) atoms. The van der Waals surface area contributed by atoms with Gasteiger partial charge in [-0.15, -0.1) is 0 Å². The molecular formula is C27H26N2O5. The molecular weight excluding hydrogens is 432 g/mol. The van der Waals surface area contributed by atoms with Crippen LogP contribution in [0.5, 0.6) is 5.75 Å². The summed E-state index contributed by atoms with van der Waals surface area (Å²) in [4.78, 5) is 54.1. The smallest absolute Gasteiger partial charge is 0.316 e. The van der Waals surface area contributed by atoms with Gasteiger partial charge in [-0.25, -0.2) is 4.90 Å². The zero-order chi connectivity index (χ0) is 24.0. The zero-order valence-corrected chi connectivity index (χ0v) is 19.2. The summed E-state index contributed by atoms with van der Waals surface area (Å²) >= 11 is 0. The number of esters is 1. The lowest BCUT2D eigenvalue weighted by Crippen LogP contribution is -2.31. The minimum Gasteiger partial charge on any atom is -0.426 e. The van der Waals surface area contributed by atoms with Crippen molar-refractivity contribution in [3.8, 4) is 5.75 Å². The Morgan fingerprint density at radius 3 is 2.41 bits per heavy atom. The number of aryl methyl sites for hydroxylation is 1. The van der Waals surface area contributed by atoms with Crippen LogP contribution < -0.4 is 14.5 Å². The SMILES string of the molecule is CC1=CC[C@@H]2C(=O)N(c3cccc(OC(=O)[C@@H]4CC(=O)N(c5ccc(C)cc5)C4)c3)C(=O)[C@H]2C1. The lowest BCUT2D eigenvalue weighted by Gasteiger charge is -2.18. The number of ether oxygens (including phenoxy) is 1. The third-order valence-corrected chi connectivity index (χ3v) is 6.92. The summed E-state index contributed by atoms with van der Waals surface area (Å²) in [5.74, 6) is -2.07. The molecule has 7 heteroatoms. The molecule has 3 aliphatic rings. The monoisotopic (exact) mass is 458 g/mol. The number of allylic oxidation sites excluding steroid dienone is 2. The van der Waals surface area contributed by atoms with Crippen LogP contribution in [-0.2, 0) is 19.2 Å². The second kappa shape index (κ2) is 8.56. The molecule has 2 heterocycles. The largest absolute Gasteiger partial charge is 0.426 e. The highest BCUT2D eigenvalue weighted by Crippen LogP contribution is 2.40. The predicted octanol–water partition coefficient (Wildman–Crippen LogP) is 3.80. The summed E-state index contributed by atoms with van der Waals surface area (Å²) in [6, 6.07) is 14.1. The molecule has 1 aliphatic carbocycles.